The number of amides is 1. The standard InChI is InChI=1S/C15H16N2O/c18-15(17-11-5-6-12-17)13-7-1-2-8-14(13)16-9-3-4-10-16/h1-4,7-10H,5-6,11-12H2. The molecular weight excluding hydrogens is 224 g/mol. The van der Waals surface area contributed by atoms with Gasteiger partial charge in [0.1, 0.15) is 0 Å². The van der Waals surface area contributed by atoms with E-state index in [1.807, 2.05) is 58.3 Å². The Hall–Kier alpha value is -2.03. The van der Waals surface area contributed by atoms with E-state index in [1.165, 1.54) is 0 Å². The average molecular weight is 240 g/mol. The Bertz CT molecular complexity index is 539. The predicted octanol–water partition coefficient (Wildman–Crippen LogP) is 2.71. The van der Waals surface area contributed by atoms with E-state index in [0.29, 0.717) is 0 Å². The molecule has 0 aliphatic carbocycles. The molecule has 1 saturated heterocycles. The Kier molecular flexibility index (Phi) is 2.89. The molecule has 0 spiro atoms. The minimum absolute atomic E-state index is 0.150. The number of likely N-dealkylation sites (tertiary alicyclic amines) is 1. The number of rotatable bonds is 2. The molecule has 3 heteroatoms. The van der Waals surface area contributed by atoms with Gasteiger partial charge in [0.15, 0.2) is 0 Å². The van der Waals surface area contributed by atoms with Gasteiger partial charge >= 0.3 is 0 Å². The number of aromatic nitrogens is 1. The van der Waals surface area contributed by atoms with E-state index in [0.717, 1.165) is 37.2 Å². The van der Waals surface area contributed by atoms with E-state index in [4.69, 9.17) is 0 Å². The maximum absolute atomic E-state index is 12.5. The molecule has 0 radical (unpaired) electrons. The van der Waals surface area contributed by atoms with Gasteiger partial charge in [0.05, 0.1) is 11.3 Å². The zero-order valence-corrected chi connectivity index (χ0v) is 10.2. The van der Waals surface area contributed by atoms with E-state index in [1.54, 1.807) is 0 Å². The van der Waals surface area contributed by atoms with Crippen molar-refractivity contribution < 1.29 is 4.79 Å². The molecule has 1 aliphatic heterocycles. The molecule has 2 heterocycles. The molecule has 1 aromatic carbocycles. The molecule has 1 aromatic heterocycles. The van der Waals surface area contributed by atoms with Gasteiger partial charge in [-0.05, 0) is 37.1 Å². The minimum Gasteiger partial charge on any atom is -0.339 e. The van der Waals surface area contributed by atoms with E-state index in [2.05, 4.69) is 0 Å². The Morgan fingerprint density at radius 3 is 2.33 bits per heavy atom. The quantitative estimate of drug-likeness (QED) is 0.792. The molecule has 18 heavy (non-hydrogen) atoms. The lowest BCUT2D eigenvalue weighted by molar-refractivity contribution is 0.0793. The van der Waals surface area contributed by atoms with Crippen molar-refractivity contribution in [2.75, 3.05) is 13.1 Å². The summed E-state index contributed by atoms with van der Waals surface area (Å²) in [6.45, 7) is 1.78. The Morgan fingerprint density at radius 1 is 0.944 bits per heavy atom. The van der Waals surface area contributed by atoms with Crippen LogP contribution in [0.2, 0.25) is 0 Å². The first kappa shape index (κ1) is 11.1. The topological polar surface area (TPSA) is 25.2 Å². The zero-order valence-electron chi connectivity index (χ0n) is 10.2. The third-order valence-corrected chi connectivity index (χ3v) is 3.41. The molecule has 2 aromatic rings. The lowest BCUT2D eigenvalue weighted by atomic mass is 10.1. The molecule has 0 unspecified atom stereocenters. The van der Waals surface area contributed by atoms with Crippen molar-refractivity contribution in [1.82, 2.24) is 9.47 Å². The van der Waals surface area contributed by atoms with E-state index < -0.39 is 0 Å². The Labute approximate surface area is 107 Å². The van der Waals surface area contributed by atoms with Crippen LogP contribution in [0.3, 0.4) is 0 Å². The maximum Gasteiger partial charge on any atom is 0.255 e. The number of hydrogen-bond acceptors (Lipinski definition) is 1. The van der Waals surface area contributed by atoms with E-state index in [-0.39, 0.29) is 5.91 Å². The SMILES string of the molecule is O=C(c1ccccc1-n1cccc1)N1CCCC1. The number of carbonyl (C=O) groups is 1. The molecule has 0 bridgehead atoms. The molecule has 0 atom stereocenters. The smallest absolute Gasteiger partial charge is 0.255 e. The third-order valence-electron chi connectivity index (χ3n) is 3.41. The van der Waals surface area contributed by atoms with Gasteiger partial charge in [-0.1, -0.05) is 12.1 Å². The highest BCUT2D eigenvalue weighted by Crippen LogP contribution is 2.19. The summed E-state index contributed by atoms with van der Waals surface area (Å²) in [5, 5.41) is 0. The van der Waals surface area contributed by atoms with Crippen molar-refractivity contribution in [1.29, 1.82) is 0 Å². The summed E-state index contributed by atoms with van der Waals surface area (Å²) >= 11 is 0. The molecule has 1 aliphatic rings. The highest BCUT2D eigenvalue weighted by atomic mass is 16.2. The van der Waals surface area contributed by atoms with Crippen molar-refractivity contribution in [3.05, 3.63) is 54.4 Å². The van der Waals surface area contributed by atoms with Crippen molar-refractivity contribution in [3.8, 4) is 5.69 Å². The minimum atomic E-state index is 0.150. The summed E-state index contributed by atoms with van der Waals surface area (Å²) in [7, 11) is 0. The van der Waals surface area contributed by atoms with Gasteiger partial charge in [0, 0.05) is 25.5 Å². The van der Waals surface area contributed by atoms with Gasteiger partial charge in [0.2, 0.25) is 0 Å². The van der Waals surface area contributed by atoms with Crippen molar-refractivity contribution in [3.63, 3.8) is 0 Å². The van der Waals surface area contributed by atoms with Gasteiger partial charge in [-0.25, -0.2) is 0 Å². The Morgan fingerprint density at radius 2 is 1.61 bits per heavy atom. The summed E-state index contributed by atoms with van der Waals surface area (Å²) in [4.78, 5) is 14.4. The van der Waals surface area contributed by atoms with Crippen molar-refractivity contribution in [2.45, 2.75) is 12.8 Å². The first-order chi connectivity index (χ1) is 8.86. The molecular formula is C15H16N2O. The molecule has 0 N–H and O–H groups in total. The summed E-state index contributed by atoms with van der Waals surface area (Å²) in [5.74, 6) is 0.150. The summed E-state index contributed by atoms with van der Waals surface area (Å²) in [6.07, 6.45) is 6.18. The number of nitrogens with zero attached hydrogens (tertiary/aromatic N) is 2. The number of carbonyl (C=O) groups excluding carboxylic acids is 1. The van der Waals surface area contributed by atoms with Gasteiger partial charge in [-0.3, -0.25) is 4.79 Å². The maximum atomic E-state index is 12.5. The largest absolute Gasteiger partial charge is 0.339 e. The average Bonchev–Trinajstić information content (AvgIpc) is 3.11. The molecule has 3 rings (SSSR count). The Balaban J connectivity index is 1.99. The van der Waals surface area contributed by atoms with Gasteiger partial charge in [-0.2, -0.15) is 0 Å². The lowest BCUT2D eigenvalue weighted by Crippen LogP contribution is -2.28. The molecule has 1 amide bonds. The predicted molar refractivity (Wildman–Crippen MR) is 70.9 cm³/mol. The number of hydrogen-bond donors (Lipinski definition) is 0. The third kappa shape index (κ3) is 1.92. The van der Waals surface area contributed by atoms with E-state index >= 15 is 0 Å². The van der Waals surface area contributed by atoms with Crippen LogP contribution < -0.4 is 0 Å². The summed E-state index contributed by atoms with van der Waals surface area (Å²) in [6, 6.07) is 11.7. The van der Waals surface area contributed by atoms with Crippen LogP contribution in [0.4, 0.5) is 0 Å². The van der Waals surface area contributed by atoms with Gasteiger partial charge in [-0.15, -0.1) is 0 Å². The van der Waals surface area contributed by atoms with Crippen LogP contribution in [0.5, 0.6) is 0 Å². The summed E-state index contributed by atoms with van der Waals surface area (Å²) < 4.78 is 1.99. The molecule has 3 nitrogen and oxygen atoms in total. The second-order valence-corrected chi connectivity index (χ2v) is 4.61. The van der Waals surface area contributed by atoms with Crippen LogP contribution >= 0.6 is 0 Å². The van der Waals surface area contributed by atoms with Crippen LogP contribution in [0, 0.1) is 0 Å². The van der Waals surface area contributed by atoms with Gasteiger partial charge in [0.25, 0.3) is 5.91 Å². The normalized spacial score (nSPS) is 15.0. The lowest BCUT2D eigenvalue weighted by Gasteiger charge is -2.17. The van der Waals surface area contributed by atoms with Crippen LogP contribution in [-0.2, 0) is 0 Å². The second kappa shape index (κ2) is 4.69. The fourth-order valence-electron chi connectivity index (χ4n) is 2.47. The van der Waals surface area contributed by atoms with Gasteiger partial charge < -0.3 is 9.47 Å². The van der Waals surface area contributed by atoms with Crippen LogP contribution in [0.15, 0.2) is 48.8 Å². The van der Waals surface area contributed by atoms with Crippen LogP contribution in [0.1, 0.15) is 23.2 Å². The molecule has 92 valence electrons. The summed E-state index contributed by atoms with van der Waals surface area (Å²) in [5.41, 5.74) is 1.75. The van der Waals surface area contributed by atoms with Crippen LogP contribution in [-0.4, -0.2) is 28.5 Å². The fraction of sp³-hybridized carbons (Fsp3) is 0.267. The first-order valence-corrected chi connectivity index (χ1v) is 6.38. The molecule has 0 saturated carbocycles. The first-order valence-electron chi connectivity index (χ1n) is 6.38. The van der Waals surface area contributed by atoms with Crippen molar-refractivity contribution in [2.24, 2.45) is 0 Å². The highest BCUT2D eigenvalue weighted by Gasteiger charge is 2.21. The fourth-order valence-corrected chi connectivity index (χ4v) is 2.47. The number of para-hydroxylation sites is 1. The highest BCUT2D eigenvalue weighted by molar-refractivity contribution is 5.97. The molecule has 1 fully saturated rings. The monoisotopic (exact) mass is 240 g/mol. The number of benzene rings is 1. The second-order valence-electron chi connectivity index (χ2n) is 4.61. The van der Waals surface area contributed by atoms with Crippen molar-refractivity contribution >= 4 is 5.91 Å². The van der Waals surface area contributed by atoms with Crippen LogP contribution in [0.25, 0.3) is 5.69 Å². The van der Waals surface area contributed by atoms with E-state index in [9.17, 15) is 4.79 Å². The zero-order chi connectivity index (χ0) is 12.4.